The van der Waals surface area contributed by atoms with E-state index in [1.165, 1.54) is 11.1 Å². The van der Waals surface area contributed by atoms with Crippen LogP contribution in [-0.2, 0) is 5.75 Å². The third-order valence-electron chi connectivity index (χ3n) is 4.09. The summed E-state index contributed by atoms with van der Waals surface area (Å²) in [6.07, 6.45) is 3.60. The van der Waals surface area contributed by atoms with Crippen LogP contribution in [0.25, 0.3) is 21.1 Å². The monoisotopic (exact) mass is 390 g/mol. The Morgan fingerprint density at radius 3 is 2.52 bits per heavy atom. The van der Waals surface area contributed by atoms with Crippen molar-refractivity contribution in [2.24, 2.45) is 0 Å². The summed E-state index contributed by atoms with van der Waals surface area (Å²) in [5.41, 5.74) is 5.41. The molecule has 0 amide bonds. The van der Waals surface area contributed by atoms with Gasteiger partial charge >= 0.3 is 0 Å². The maximum Gasteiger partial charge on any atom is 0.125 e. The molecule has 0 radical (unpaired) electrons. The molecule has 3 heterocycles. The largest absolute Gasteiger partial charge is 0.264 e. The van der Waals surface area contributed by atoms with Crippen LogP contribution in [0.4, 0.5) is 0 Å². The Bertz CT molecular complexity index is 1030. The molecule has 4 nitrogen and oxygen atoms in total. The van der Waals surface area contributed by atoms with E-state index in [0.717, 1.165) is 37.6 Å². The van der Waals surface area contributed by atoms with Crippen molar-refractivity contribution < 1.29 is 0 Å². The highest BCUT2D eigenvalue weighted by molar-refractivity contribution is 7.98. The molecule has 134 valence electrons. The quantitative estimate of drug-likeness (QED) is 0.417. The van der Waals surface area contributed by atoms with Crippen LogP contribution < -0.4 is 0 Å². The number of rotatable bonds is 5. The van der Waals surface area contributed by atoms with E-state index in [2.05, 4.69) is 51.4 Å². The van der Waals surface area contributed by atoms with Crippen molar-refractivity contribution in [3.05, 3.63) is 77.7 Å². The topological polar surface area (TPSA) is 51.6 Å². The maximum absolute atomic E-state index is 4.67. The molecule has 3 aromatic heterocycles. The number of hydrogen-bond acceptors (Lipinski definition) is 6. The van der Waals surface area contributed by atoms with Gasteiger partial charge in [0.25, 0.3) is 0 Å². The van der Waals surface area contributed by atoms with Crippen molar-refractivity contribution in [1.29, 1.82) is 0 Å². The summed E-state index contributed by atoms with van der Waals surface area (Å²) < 4.78 is 0. The molecule has 0 fully saturated rings. The molecule has 1 aromatic carbocycles. The summed E-state index contributed by atoms with van der Waals surface area (Å²) in [4.78, 5) is 9.89. The highest BCUT2D eigenvalue weighted by atomic mass is 32.2. The minimum atomic E-state index is 0.861. The van der Waals surface area contributed by atoms with Gasteiger partial charge in [0.15, 0.2) is 0 Å². The van der Waals surface area contributed by atoms with Crippen molar-refractivity contribution in [2.45, 2.75) is 24.6 Å². The average Bonchev–Trinajstić information content (AvgIpc) is 3.10. The Hall–Kier alpha value is -2.57. The predicted molar refractivity (Wildman–Crippen MR) is 112 cm³/mol. The zero-order chi connectivity index (χ0) is 18.6. The fraction of sp³-hybridized carbons (Fsp3) is 0.143. The van der Waals surface area contributed by atoms with Crippen molar-refractivity contribution in [3.8, 4) is 21.1 Å². The molecule has 6 heteroatoms. The molecule has 0 aliphatic carbocycles. The zero-order valence-corrected chi connectivity index (χ0v) is 16.7. The van der Waals surface area contributed by atoms with E-state index in [-0.39, 0.29) is 0 Å². The van der Waals surface area contributed by atoms with E-state index < -0.39 is 0 Å². The van der Waals surface area contributed by atoms with Gasteiger partial charge in [0.1, 0.15) is 15.7 Å². The van der Waals surface area contributed by atoms with Gasteiger partial charge in [0.05, 0.1) is 10.6 Å². The van der Waals surface area contributed by atoms with Gasteiger partial charge in [-0.1, -0.05) is 41.6 Å². The van der Waals surface area contributed by atoms with Crippen molar-refractivity contribution in [1.82, 2.24) is 20.2 Å². The lowest BCUT2D eigenvalue weighted by Crippen LogP contribution is -1.90. The molecule has 0 N–H and O–H groups in total. The molecule has 0 spiro atoms. The van der Waals surface area contributed by atoms with E-state index >= 15 is 0 Å². The predicted octanol–water partition coefficient (Wildman–Crippen LogP) is 5.57. The highest BCUT2D eigenvalue weighted by Crippen LogP contribution is 2.34. The van der Waals surface area contributed by atoms with Crippen LogP contribution in [0.1, 0.15) is 16.8 Å². The van der Waals surface area contributed by atoms with Gasteiger partial charge in [-0.15, -0.1) is 21.5 Å². The molecular weight excluding hydrogens is 372 g/mol. The van der Waals surface area contributed by atoms with Gasteiger partial charge in [-0.05, 0) is 43.7 Å². The van der Waals surface area contributed by atoms with E-state index in [1.807, 2.05) is 37.4 Å². The summed E-state index contributed by atoms with van der Waals surface area (Å²) in [5.74, 6) is 0.888. The number of aryl methyl sites for hydroxylation is 2. The fourth-order valence-corrected chi connectivity index (χ4v) is 4.40. The lowest BCUT2D eigenvalue weighted by molar-refractivity contribution is 0.936. The van der Waals surface area contributed by atoms with Crippen molar-refractivity contribution in [3.63, 3.8) is 0 Å². The van der Waals surface area contributed by atoms with E-state index in [1.54, 1.807) is 29.3 Å². The second-order valence-corrected chi connectivity index (χ2v) is 8.20. The van der Waals surface area contributed by atoms with Gasteiger partial charge in [-0.2, -0.15) is 0 Å². The van der Waals surface area contributed by atoms with E-state index in [9.17, 15) is 0 Å². The first-order valence-corrected chi connectivity index (χ1v) is 10.4. The first kappa shape index (κ1) is 17.8. The number of benzene rings is 1. The Morgan fingerprint density at radius 1 is 0.963 bits per heavy atom. The van der Waals surface area contributed by atoms with Gasteiger partial charge in [0, 0.05) is 23.7 Å². The SMILES string of the molecule is Cc1ccc(CSc2ccc(-c3sc(-c4cccnc4)nc3C)nn2)cc1. The average molecular weight is 391 g/mol. The van der Waals surface area contributed by atoms with Crippen LogP contribution >= 0.6 is 23.1 Å². The van der Waals surface area contributed by atoms with E-state index in [4.69, 9.17) is 0 Å². The molecule has 0 bridgehead atoms. The zero-order valence-electron chi connectivity index (χ0n) is 15.1. The number of hydrogen-bond donors (Lipinski definition) is 0. The summed E-state index contributed by atoms with van der Waals surface area (Å²) >= 11 is 3.32. The minimum Gasteiger partial charge on any atom is -0.264 e. The van der Waals surface area contributed by atoms with Gasteiger partial charge in [-0.25, -0.2) is 4.98 Å². The van der Waals surface area contributed by atoms with Gasteiger partial charge < -0.3 is 0 Å². The molecule has 0 aliphatic heterocycles. The second kappa shape index (κ2) is 7.98. The Labute approximate surface area is 166 Å². The first-order chi connectivity index (χ1) is 13.2. The third-order valence-corrected chi connectivity index (χ3v) is 6.31. The number of thiazole rings is 1. The summed E-state index contributed by atoms with van der Waals surface area (Å²) in [7, 11) is 0. The Balaban J connectivity index is 1.49. The van der Waals surface area contributed by atoms with Crippen LogP contribution in [0.5, 0.6) is 0 Å². The maximum atomic E-state index is 4.67. The van der Waals surface area contributed by atoms with Crippen LogP contribution in [-0.4, -0.2) is 20.2 Å². The van der Waals surface area contributed by atoms with Gasteiger partial charge in [-0.3, -0.25) is 4.98 Å². The lowest BCUT2D eigenvalue weighted by atomic mass is 10.2. The Kier molecular flexibility index (Phi) is 5.27. The molecule has 0 aliphatic rings. The summed E-state index contributed by atoms with van der Waals surface area (Å²) in [6, 6.07) is 16.6. The van der Waals surface area contributed by atoms with Crippen LogP contribution in [0.3, 0.4) is 0 Å². The normalized spacial score (nSPS) is 10.9. The molecule has 0 saturated carbocycles. The third kappa shape index (κ3) is 4.23. The molecule has 4 aromatic rings. The molecule has 0 unspecified atom stereocenters. The summed E-state index contributed by atoms with van der Waals surface area (Å²) in [6.45, 7) is 4.11. The standard InChI is InChI=1S/C21H18N4S2/c1-14-5-7-16(8-6-14)13-26-19-10-9-18(24-25-19)20-15(2)23-21(27-20)17-4-3-11-22-12-17/h3-12H,13H2,1-2H3. The van der Waals surface area contributed by atoms with Crippen LogP contribution in [0.15, 0.2) is 66.0 Å². The van der Waals surface area contributed by atoms with Crippen molar-refractivity contribution in [2.75, 3.05) is 0 Å². The molecule has 4 rings (SSSR count). The summed E-state index contributed by atoms with van der Waals surface area (Å²) in [5, 5.41) is 10.7. The van der Waals surface area contributed by atoms with Crippen LogP contribution in [0.2, 0.25) is 0 Å². The number of aromatic nitrogens is 4. The minimum absolute atomic E-state index is 0.861. The van der Waals surface area contributed by atoms with Crippen LogP contribution in [0, 0.1) is 13.8 Å². The van der Waals surface area contributed by atoms with E-state index in [0.29, 0.717) is 0 Å². The lowest BCUT2D eigenvalue weighted by Gasteiger charge is -2.03. The molecular formula is C21H18N4S2. The van der Waals surface area contributed by atoms with Gasteiger partial charge in [0.2, 0.25) is 0 Å². The second-order valence-electron chi connectivity index (χ2n) is 6.21. The Morgan fingerprint density at radius 2 is 1.81 bits per heavy atom. The smallest absolute Gasteiger partial charge is 0.125 e. The highest BCUT2D eigenvalue weighted by Gasteiger charge is 2.13. The number of thioether (sulfide) groups is 1. The van der Waals surface area contributed by atoms with Crippen molar-refractivity contribution >= 4 is 23.1 Å². The fourth-order valence-electron chi connectivity index (χ4n) is 2.61. The number of nitrogens with zero attached hydrogens (tertiary/aromatic N) is 4. The molecule has 0 saturated heterocycles. The first-order valence-electron chi connectivity index (χ1n) is 8.59. The molecule has 27 heavy (non-hydrogen) atoms. The number of pyridine rings is 1. The molecule has 0 atom stereocenters.